The quantitative estimate of drug-likeness (QED) is 0.189. The minimum absolute atomic E-state index is 0.142. The minimum Gasteiger partial charge on any atom is -0.465 e. The second-order valence-corrected chi connectivity index (χ2v) is 8.26. The van der Waals surface area contributed by atoms with E-state index in [2.05, 4.69) is 19.2 Å². The van der Waals surface area contributed by atoms with E-state index in [0.29, 0.717) is 26.0 Å². The Kier molecular flexibility index (Phi) is 20.8. The average Bonchev–Trinajstić information content (AvgIpc) is 2.71. The molecule has 5 heteroatoms. The van der Waals surface area contributed by atoms with Gasteiger partial charge in [0.2, 0.25) is 5.91 Å². The van der Waals surface area contributed by atoms with Crippen molar-refractivity contribution in [2.45, 2.75) is 129 Å². The van der Waals surface area contributed by atoms with Gasteiger partial charge in [0.1, 0.15) is 6.04 Å². The lowest BCUT2D eigenvalue weighted by atomic mass is 10.1. The van der Waals surface area contributed by atoms with Gasteiger partial charge in [-0.1, -0.05) is 84.5 Å². The highest BCUT2D eigenvalue weighted by Gasteiger charge is 2.14. The van der Waals surface area contributed by atoms with Gasteiger partial charge in [-0.25, -0.2) is 0 Å². The Labute approximate surface area is 179 Å². The van der Waals surface area contributed by atoms with Gasteiger partial charge in [0, 0.05) is 13.0 Å². The molecule has 29 heavy (non-hydrogen) atoms. The lowest BCUT2D eigenvalue weighted by Crippen LogP contribution is -2.32. The molecule has 0 aromatic rings. The predicted molar refractivity (Wildman–Crippen MR) is 122 cm³/mol. The summed E-state index contributed by atoms with van der Waals surface area (Å²) in [5, 5.41) is 2.97. The molecule has 0 rings (SSSR count). The van der Waals surface area contributed by atoms with Crippen molar-refractivity contribution >= 4 is 11.9 Å². The van der Waals surface area contributed by atoms with Gasteiger partial charge in [0.25, 0.3) is 0 Å². The molecule has 0 aromatic carbocycles. The van der Waals surface area contributed by atoms with Crippen LogP contribution in [-0.4, -0.2) is 31.1 Å². The summed E-state index contributed by atoms with van der Waals surface area (Å²) in [5.41, 5.74) is 5.88. The Balaban J connectivity index is 3.42. The molecule has 1 amide bonds. The van der Waals surface area contributed by atoms with E-state index in [-0.39, 0.29) is 11.9 Å². The van der Waals surface area contributed by atoms with Crippen molar-refractivity contribution in [1.82, 2.24) is 5.32 Å². The number of esters is 1. The Morgan fingerprint density at radius 1 is 0.759 bits per heavy atom. The Bertz CT molecular complexity index is 388. The molecular formula is C24H48N2O3. The third kappa shape index (κ3) is 20.0. The zero-order valence-corrected chi connectivity index (χ0v) is 19.3. The minimum atomic E-state index is -0.543. The third-order valence-electron chi connectivity index (χ3n) is 5.32. The summed E-state index contributed by atoms with van der Waals surface area (Å²) in [6.45, 7) is 5.53. The first-order valence-corrected chi connectivity index (χ1v) is 12.3. The van der Waals surface area contributed by atoms with Crippen LogP contribution in [0.5, 0.6) is 0 Å². The number of ether oxygens (including phenoxy) is 1. The Morgan fingerprint density at radius 3 is 1.93 bits per heavy atom. The molecule has 172 valence electrons. The fraction of sp³-hybridized carbons (Fsp3) is 0.917. The molecule has 1 atom stereocenters. The lowest BCUT2D eigenvalue weighted by molar-refractivity contribution is -0.145. The van der Waals surface area contributed by atoms with Gasteiger partial charge in [-0.3, -0.25) is 9.59 Å². The van der Waals surface area contributed by atoms with E-state index in [1.165, 1.54) is 57.8 Å². The molecule has 0 unspecified atom stereocenters. The molecule has 0 aliphatic rings. The molecule has 0 bridgehead atoms. The van der Waals surface area contributed by atoms with Crippen LogP contribution in [0.2, 0.25) is 0 Å². The fourth-order valence-electron chi connectivity index (χ4n) is 3.33. The number of carbonyl (C=O) groups excluding carboxylic acids is 2. The fourth-order valence-corrected chi connectivity index (χ4v) is 3.33. The Morgan fingerprint density at radius 2 is 1.31 bits per heavy atom. The van der Waals surface area contributed by atoms with Gasteiger partial charge < -0.3 is 15.8 Å². The summed E-state index contributed by atoms with van der Waals surface area (Å²) in [5.74, 6) is -0.153. The van der Waals surface area contributed by atoms with Crippen molar-refractivity contribution in [2.75, 3.05) is 13.2 Å². The summed E-state index contributed by atoms with van der Waals surface area (Å²) in [6.07, 6.45) is 18.6. The van der Waals surface area contributed by atoms with Crippen LogP contribution >= 0.6 is 0 Å². The first kappa shape index (κ1) is 27.9. The summed E-state index contributed by atoms with van der Waals surface area (Å²) < 4.78 is 5.21. The number of hydrogen-bond donors (Lipinski definition) is 2. The van der Waals surface area contributed by atoms with Crippen LogP contribution in [0.15, 0.2) is 0 Å². The molecule has 0 saturated heterocycles. The summed E-state index contributed by atoms with van der Waals surface area (Å²) >= 11 is 0. The van der Waals surface area contributed by atoms with Gasteiger partial charge in [0.05, 0.1) is 6.61 Å². The van der Waals surface area contributed by atoms with Crippen LogP contribution in [0.4, 0.5) is 0 Å². The summed E-state index contributed by atoms with van der Waals surface area (Å²) in [4.78, 5) is 23.6. The van der Waals surface area contributed by atoms with Crippen LogP contribution in [-0.2, 0) is 14.3 Å². The highest BCUT2D eigenvalue weighted by atomic mass is 16.5. The van der Waals surface area contributed by atoms with Crippen molar-refractivity contribution in [2.24, 2.45) is 5.73 Å². The SMILES string of the molecule is CCCCCCCCCCCC(=O)NCCCC[C@H](N)C(=O)OCCCCCC. The van der Waals surface area contributed by atoms with Crippen molar-refractivity contribution in [3.63, 3.8) is 0 Å². The van der Waals surface area contributed by atoms with Gasteiger partial charge in [-0.15, -0.1) is 0 Å². The van der Waals surface area contributed by atoms with Crippen LogP contribution in [0.1, 0.15) is 123 Å². The lowest BCUT2D eigenvalue weighted by Gasteiger charge is -2.11. The van der Waals surface area contributed by atoms with Crippen LogP contribution < -0.4 is 11.1 Å². The number of amides is 1. The Hall–Kier alpha value is -1.10. The first-order valence-electron chi connectivity index (χ1n) is 12.3. The van der Waals surface area contributed by atoms with E-state index >= 15 is 0 Å². The molecule has 0 spiro atoms. The largest absolute Gasteiger partial charge is 0.465 e. The summed E-state index contributed by atoms with van der Waals surface area (Å²) in [7, 11) is 0. The highest BCUT2D eigenvalue weighted by Crippen LogP contribution is 2.10. The standard InChI is InChI=1S/C24H48N2O3/c1-3-5-7-9-10-11-12-13-14-19-23(27)26-20-16-15-18-22(25)24(28)29-21-17-8-6-4-2/h22H,3-21,25H2,1-2H3,(H,26,27)/t22-/m0/s1. The molecule has 5 nitrogen and oxygen atoms in total. The van der Waals surface area contributed by atoms with E-state index < -0.39 is 6.04 Å². The highest BCUT2D eigenvalue weighted by molar-refractivity contribution is 5.76. The van der Waals surface area contributed by atoms with Crippen molar-refractivity contribution in [1.29, 1.82) is 0 Å². The number of hydrogen-bond acceptors (Lipinski definition) is 4. The van der Waals surface area contributed by atoms with Crippen molar-refractivity contribution in [3.05, 3.63) is 0 Å². The van der Waals surface area contributed by atoms with Gasteiger partial charge in [0.15, 0.2) is 0 Å². The number of unbranched alkanes of at least 4 members (excludes halogenated alkanes) is 12. The van der Waals surface area contributed by atoms with Crippen LogP contribution in [0.25, 0.3) is 0 Å². The van der Waals surface area contributed by atoms with Crippen molar-refractivity contribution in [3.8, 4) is 0 Å². The normalized spacial score (nSPS) is 12.0. The zero-order chi connectivity index (χ0) is 21.6. The molecule has 0 aliphatic carbocycles. The molecule has 0 aliphatic heterocycles. The smallest absolute Gasteiger partial charge is 0.322 e. The van der Waals surface area contributed by atoms with E-state index in [9.17, 15) is 9.59 Å². The maximum atomic E-state index is 11.8. The van der Waals surface area contributed by atoms with Crippen LogP contribution in [0.3, 0.4) is 0 Å². The zero-order valence-electron chi connectivity index (χ0n) is 19.3. The number of rotatable bonds is 21. The predicted octanol–water partition coefficient (Wildman–Crippen LogP) is 5.64. The first-order chi connectivity index (χ1) is 14.1. The second kappa shape index (κ2) is 21.6. The van der Waals surface area contributed by atoms with E-state index in [0.717, 1.165) is 38.5 Å². The molecule has 0 fully saturated rings. The molecule has 0 heterocycles. The van der Waals surface area contributed by atoms with Crippen LogP contribution in [0, 0.1) is 0 Å². The molecule has 3 N–H and O–H groups in total. The van der Waals surface area contributed by atoms with Gasteiger partial charge in [-0.2, -0.15) is 0 Å². The number of nitrogens with two attached hydrogens (primary N) is 1. The summed E-state index contributed by atoms with van der Waals surface area (Å²) in [6, 6.07) is -0.543. The van der Waals surface area contributed by atoms with Gasteiger partial charge in [-0.05, 0) is 32.1 Å². The molecule has 0 saturated carbocycles. The van der Waals surface area contributed by atoms with E-state index in [1.54, 1.807) is 0 Å². The monoisotopic (exact) mass is 412 g/mol. The maximum absolute atomic E-state index is 11.8. The number of carbonyl (C=O) groups is 2. The second-order valence-electron chi connectivity index (χ2n) is 8.26. The third-order valence-corrected chi connectivity index (χ3v) is 5.32. The number of nitrogens with one attached hydrogen (secondary N) is 1. The van der Waals surface area contributed by atoms with Crippen molar-refractivity contribution < 1.29 is 14.3 Å². The topological polar surface area (TPSA) is 81.4 Å². The van der Waals surface area contributed by atoms with E-state index in [1.807, 2.05) is 0 Å². The maximum Gasteiger partial charge on any atom is 0.322 e. The molecule has 0 aromatic heterocycles. The van der Waals surface area contributed by atoms with Gasteiger partial charge >= 0.3 is 5.97 Å². The molecule has 0 radical (unpaired) electrons. The average molecular weight is 413 g/mol. The van der Waals surface area contributed by atoms with E-state index in [4.69, 9.17) is 10.5 Å². The molecular weight excluding hydrogens is 364 g/mol.